The molecule has 1 aromatic heterocycles. The molecule has 3 aromatic rings. The van der Waals surface area contributed by atoms with Gasteiger partial charge in [0.15, 0.2) is 16.4 Å². The number of nitrogens with one attached hydrogen (secondary N) is 1. The van der Waals surface area contributed by atoms with Crippen LogP contribution in [0.15, 0.2) is 48.5 Å². The van der Waals surface area contributed by atoms with Crippen molar-refractivity contribution in [1.82, 2.24) is 14.8 Å². The SMILES string of the molecule is CCCOc1ccc(-c2n[nH]c(=S)n2-c2ccc(C(C)=O)cc2)cc1. The van der Waals surface area contributed by atoms with Crippen molar-refractivity contribution in [2.24, 2.45) is 0 Å². The summed E-state index contributed by atoms with van der Waals surface area (Å²) < 4.78 is 7.96. The maximum Gasteiger partial charge on any atom is 0.200 e. The van der Waals surface area contributed by atoms with Gasteiger partial charge in [0.25, 0.3) is 0 Å². The molecule has 0 unspecified atom stereocenters. The van der Waals surface area contributed by atoms with Gasteiger partial charge in [-0.1, -0.05) is 6.92 Å². The molecule has 0 amide bonds. The first kappa shape index (κ1) is 17.1. The third kappa shape index (κ3) is 3.69. The van der Waals surface area contributed by atoms with Gasteiger partial charge in [-0.2, -0.15) is 5.10 Å². The van der Waals surface area contributed by atoms with Gasteiger partial charge in [-0.05, 0) is 74.1 Å². The van der Waals surface area contributed by atoms with Gasteiger partial charge in [0.2, 0.25) is 0 Å². The van der Waals surface area contributed by atoms with Crippen LogP contribution in [-0.2, 0) is 0 Å². The minimum absolute atomic E-state index is 0.0326. The summed E-state index contributed by atoms with van der Waals surface area (Å²) in [6.07, 6.45) is 0.969. The summed E-state index contributed by atoms with van der Waals surface area (Å²) in [6.45, 7) is 4.32. The summed E-state index contributed by atoms with van der Waals surface area (Å²) in [7, 11) is 0. The van der Waals surface area contributed by atoms with Gasteiger partial charge in [-0.15, -0.1) is 0 Å². The second-order valence-corrected chi connectivity index (χ2v) is 6.05. The number of rotatable bonds is 6. The number of ether oxygens (including phenoxy) is 1. The molecule has 25 heavy (non-hydrogen) atoms. The monoisotopic (exact) mass is 353 g/mol. The van der Waals surface area contributed by atoms with Crippen LogP contribution in [0.25, 0.3) is 17.1 Å². The fourth-order valence-electron chi connectivity index (χ4n) is 2.50. The van der Waals surface area contributed by atoms with E-state index < -0.39 is 0 Å². The molecule has 0 saturated heterocycles. The zero-order valence-corrected chi connectivity index (χ0v) is 15.0. The van der Waals surface area contributed by atoms with Crippen molar-refractivity contribution in [3.63, 3.8) is 0 Å². The van der Waals surface area contributed by atoms with E-state index in [0.717, 1.165) is 23.4 Å². The maximum atomic E-state index is 11.4. The Balaban J connectivity index is 1.96. The number of H-pyrrole nitrogens is 1. The highest BCUT2D eigenvalue weighted by molar-refractivity contribution is 7.71. The van der Waals surface area contributed by atoms with Gasteiger partial charge in [-0.3, -0.25) is 14.5 Å². The second-order valence-electron chi connectivity index (χ2n) is 5.66. The molecule has 1 N–H and O–H groups in total. The summed E-state index contributed by atoms with van der Waals surface area (Å²) >= 11 is 5.38. The van der Waals surface area contributed by atoms with Gasteiger partial charge in [0.1, 0.15) is 5.75 Å². The number of aromatic amines is 1. The minimum atomic E-state index is 0.0326. The van der Waals surface area contributed by atoms with Crippen LogP contribution >= 0.6 is 12.2 Å². The highest BCUT2D eigenvalue weighted by atomic mass is 32.1. The lowest BCUT2D eigenvalue weighted by Gasteiger charge is -2.09. The molecule has 0 saturated carbocycles. The van der Waals surface area contributed by atoms with E-state index in [1.54, 1.807) is 19.1 Å². The molecule has 5 nitrogen and oxygen atoms in total. The number of nitrogens with zero attached hydrogens (tertiary/aromatic N) is 2. The second kappa shape index (κ2) is 7.44. The Morgan fingerprint density at radius 2 is 1.84 bits per heavy atom. The van der Waals surface area contributed by atoms with E-state index in [2.05, 4.69) is 17.1 Å². The lowest BCUT2D eigenvalue weighted by atomic mass is 10.1. The molecule has 0 aliphatic heterocycles. The van der Waals surface area contributed by atoms with Crippen molar-refractivity contribution in [2.75, 3.05) is 6.61 Å². The largest absolute Gasteiger partial charge is 0.494 e. The molecule has 3 rings (SSSR count). The number of hydrogen-bond donors (Lipinski definition) is 1. The third-order valence-corrected chi connectivity index (χ3v) is 4.06. The van der Waals surface area contributed by atoms with Crippen LogP contribution in [0, 0.1) is 4.77 Å². The summed E-state index contributed by atoms with van der Waals surface area (Å²) in [5.41, 5.74) is 2.44. The van der Waals surface area contributed by atoms with Gasteiger partial charge >= 0.3 is 0 Å². The van der Waals surface area contributed by atoms with Crippen molar-refractivity contribution in [3.05, 3.63) is 58.9 Å². The molecule has 6 heteroatoms. The highest BCUT2D eigenvalue weighted by Crippen LogP contribution is 2.24. The number of benzene rings is 2. The lowest BCUT2D eigenvalue weighted by Crippen LogP contribution is -1.99. The first-order chi connectivity index (χ1) is 12.1. The fourth-order valence-corrected chi connectivity index (χ4v) is 2.73. The number of aromatic nitrogens is 3. The molecular weight excluding hydrogens is 334 g/mol. The van der Waals surface area contributed by atoms with Crippen molar-refractivity contribution in [2.45, 2.75) is 20.3 Å². The Labute approximate surface area is 151 Å². The molecule has 1 heterocycles. The van der Waals surface area contributed by atoms with Crippen LogP contribution in [0.1, 0.15) is 30.6 Å². The van der Waals surface area contributed by atoms with E-state index in [0.29, 0.717) is 22.8 Å². The average molecular weight is 353 g/mol. The van der Waals surface area contributed by atoms with Crippen molar-refractivity contribution >= 4 is 18.0 Å². The third-order valence-electron chi connectivity index (χ3n) is 3.79. The first-order valence-electron chi connectivity index (χ1n) is 8.12. The quantitative estimate of drug-likeness (QED) is 0.520. The molecular formula is C19H19N3O2S. The van der Waals surface area contributed by atoms with Crippen molar-refractivity contribution in [3.8, 4) is 22.8 Å². The predicted molar refractivity (Wildman–Crippen MR) is 100.0 cm³/mol. The Kier molecular flexibility index (Phi) is 5.09. The minimum Gasteiger partial charge on any atom is -0.494 e. The Bertz CT molecular complexity index is 925. The molecule has 0 spiro atoms. The Morgan fingerprint density at radius 3 is 2.44 bits per heavy atom. The normalized spacial score (nSPS) is 10.6. The zero-order chi connectivity index (χ0) is 17.8. The van der Waals surface area contributed by atoms with E-state index in [-0.39, 0.29) is 5.78 Å². The molecule has 2 aromatic carbocycles. The standard InChI is InChI=1S/C19H19N3O2S/c1-3-12-24-17-10-6-15(7-11-17)18-20-21-19(25)22(18)16-8-4-14(5-9-16)13(2)23/h4-11H,3,12H2,1-2H3,(H,21,25). The summed E-state index contributed by atoms with van der Waals surface area (Å²) in [5, 5.41) is 7.19. The summed E-state index contributed by atoms with van der Waals surface area (Å²) in [4.78, 5) is 11.4. The topological polar surface area (TPSA) is 59.9 Å². The van der Waals surface area contributed by atoms with Crippen LogP contribution in [0.2, 0.25) is 0 Å². The molecule has 128 valence electrons. The Morgan fingerprint density at radius 1 is 1.16 bits per heavy atom. The smallest absolute Gasteiger partial charge is 0.200 e. The van der Waals surface area contributed by atoms with E-state index in [1.807, 2.05) is 41.0 Å². The van der Waals surface area contributed by atoms with E-state index in [4.69, 9.17) is 17.0 Å². The Hall–Kier alpha value is -2.73. The van der Waals surface area contributed by atoms with Gasteiger partial charge < -0.3 is 4.74 Å². The van der Waals surface area contributed by atoms with Crippen LogP contribution in [0.4, 0.5) is 0 Å². The number of ketones is 1. The average Bonchev–Trinajstić information content (AvgIpc) is 3.02. The highest BCUT2D eigenvalue weighted by Gasteiger charge is 2.11. The predicted octanol–water partition coefficient (Wildman–Crippen LogP) is 4.59. The van der Waals surface area contributed by atoms with E-state index in [9.17, 15) is 4.79 Å². The number of carbonyl (C=O) groups is 1. The van der Waals surface area contributed by atoms with Crippen LogP contribution in [0.5, 0.6) is 5.75 Å². The molecule has 0 fully saturated rings. The van der Waals surface area contributed by atoms with Crippen LogP contribution in [-0.4, -0.2) is 27.2 Å². The van der Waals surface area contributed by atoms with Gasteiger partial charge in [0, 0.05) is 11.1 Å². The van der Waals surface area contributed by atoms with Crippen molar-refractivity contribution in [1.29, 1.82) is 0 Å². The summed E-state index contributed by atoms with van der Waals surface area (Å²) in [6, 6.07) is 15.1. The number of hydrogen-bond acceptors (Lipinski definition) is 4. The molecule has 0 bridgehead atoms. The molecule has 0 radical (unpaired) electrons. The lowest BCUT2D eigenvalue weighted by molar-refractivity contribution is 0.101. The van der Waals surface area contributed by atoms with Gasteiger partial charge in [0.05, 0.1) is 12.3 Å². The maximum absolute atomic E-state index is 11.4. The zero-order valence-electron chi connectivity index (χ0n) is 14.2. The summed E-state index contributed by atoms with van der Waals surface area (Å²) in [5.74, 6) is 1.57. The first-order valence-corrected chi connectivity index (χ1v) is 8.53. The van der Waals surface area contributed by atoms with E-state index in [1.165, 1.54) is 0 Å². The molecule has 0 aliphatic carbocycles. The molecule has 0 aliphatic rings. The molecule has 0 atom stereocenters. The van der Waals surface area contributed by atoms with Crippen molar-refractivity contribution < 1.29 is 9.53 Å². The van der Waals surface area contributed by atoms with Crippen LogP contribution < -0.4 is 4.74 Å². The van der Waals surface area contributed by atoms with Gasteiger partial charge in [-0.25, -0.2) is 0 Å². The van der Waals surface area contributed by atoms with E-state index >= 15 is 0 Å². The number of Topliss-reactive ketones (excluding diaryl/α,β-unsaturated/α-hetero) is 1. The number of carbonyl (C=O) groups excluding carboxylic acids is 1. The fraction of sp³-hybridized carbons (Fsp3) is 0.211. The van der Waals surface area contributed by atoms with Crippen LogP contribution in [0.3, 0.4) is 0 Å².